The molecule has 6 rings (SSSR count). The van der Waals surface area contributed by atoms with Crippen LogP contribution in [0.25, 0.3) is 21.1 Å². The Morgan fingerprint density at radius 2 is 2.08 bits per heavy atom. The number of rotatable bonds is 6. The maximum absolute atomic E-state index is 12.1. The van der Waals surface area contributed by atoms with Gasteiger partial charge in [0.25, 0.3) is 0 Å². The van der Waals surface area contributed by atoms with Gasteiger partial charge in [0.05, 0.1) is 22.8 Å². The fourth-order valence-corrected chi connectivity index (χ4v) is 5.83. The summed E-state index contributed by atoms with van der Waals surface area (Å²) in [5.74, 6) is 1.44. The predicted octanol–water partition coefficient (Wildman–Crippen LogP) is 5.45. The summed E-state index contributed by atoms with van der Waals surface area (Å²) in [5, 5.41) is 12.7. The lowest BCUT2D eigenvalue weighted by Gasteiger charge is -2.24. The molecule has 1 amide bonds. The van der Waals surface area contributed by atoms with E-state index in [1.54, 1.807) is 38.0 Å². The van der Waals surface area contributed by atoms with Gasteiger partial charge in [-0.05, 0) is 30.0 Å². The highest BCUT2D eigenvalue weighted by molar-refractivity contribution is 7.19. The maximum atomic E-state index is 12.1. The number of amides is 1. The molecule has 0 fully saturated rings. The van der Waals surface area contributed by atoms with E-state index < -0.39 is 0 Å². The maximum Gasteiger partial charge on any atom is 0.409 e. The summed E-state index contributed by atoms with van der Waals surface area (Å²) in [4.78, 5) is 24.8. The fourth-order valence-electron chi connectivity index (χ4n) is 4.57. The van der Waals surface area contributed by atoms with Crippen LogP contribution in [0, 0.1) is 0 Å². The summed E-state index contributed by atoms with van der Waals surface area (Å²) in [7, 11) is 3.39. The molecular weight excluding hydrogens is 488 g/mol. The Hall–Kier alpha value is -4.18. The Bertz CT molecular complexity index is 1580. The van der Waals surface area contributed by atoms with Crippen molar-refractivity contribution >= 4 is 50.1 Å². The van der Waals surface area contributed by atoms with E-state index in [9.17, 15) is 4.79 Å². The molecule has 2 N–H and O–H groups in total. The van der Waals surface area contributed by atoms with Crippen LogP contribution in [-0.4, -0.2) is 51.4 Å². The summed E-state index contributed by atoms with van der Waals surface area (Å²) in [6.45, 7) is 0.440. The summed E-state index contributed by atoms with van der Waals surface area (Å²) in [5.41, 5.74) is 4.00. The van der Waals surface area contributed by atoms with Crippen LogP contribution in [0.15, 0.2) is 55.0 Å². The largest absolute Gasteiger partial charge is 0.487 e. The normalized spacial score (nSPS) is 14.9. The van der Waals surface area contributed by atoms with Crippen molar-refractivity contribution < 1.29 is 14.3 Å². The van der Waals surface area contributed by atoms with Gasteiger partial charge in [-0.3, -0.25) is 5.10 Å². The Morgan fingerprint density at radius 1 is 1.22 bits per heavy atom. The summed E-state index contributed by atoms with van der Waals surface area (Å²) < 4.78 is 11.9. The average Bonchev–Trinajstić information content (AvgIpc) is 3.51. The zero-order chi connectivity index (χ0) is 25.4. The predicted molar refractivity (Wildman–Crippen MR) is 144 cm³/mol. The molecule has 0 spiro atoms. The minimum Gasteiger partial charge on any atom is -0.487 e. The van der Waals surface area contributed by atoms with Crippen LogP contribution < -0.4 is 10.1 Å². The zero-order valence-corrected chi connectivity index (χ0v) is 21.3. The number of H-pyrrole nitrogens is 1. The van der Waals surface area contributed by atoms with Gasteiger partial charge in [-0.15, -0.1) is 11.3 Å². The number of thiophene rings is 1. The number of benzene rings is 2. The van der Waals surface area contributed by atoms with Gasteiger partial charge in [-0.1, -0.05) is 30.3 Å². The molecule has 5 aromatic rings. The molecule has 9 nitrogen and oxygen atoms in total. The van der Waals surface area contributed by atoms with E-state index >= 15 is 0 Å². The SMILES string of the molecule is CN(C)C(=O)OC1CCc2c(sc3ncnc(Nc4cc5cn[nH]c5cc4OCc4ccccc4)c23)C1. The molecule has 3 aromatic heterocycles. The third-order valence-electron chi connectivity index (χ3n) is 6.46. The molecule has 0 saturated heterocycles. The smallest absolute Gasteiger partial charge is 0.409 e. The van der Waals surface area contributed by atoms with E-state index in [0.717, 1.165) is 51.0 Å². The van der Waals surface area contributed by atoms with Crippen LogP contribution in [0.4, 0.5) is 16.3 Å². The quantitative estimate of drug-likeness (QED) is 0.311. The summed E-state index contributed by atoms with van der Waals surface area (Å²) in [6.07, 6.45) is 5.16. The number of carbonyl (C=O) groups excluding carboxylic acids is 1. The van der Waals surface area contributed by atoms with Crippen molar-refractivity contribution in [1.82, 2.24) is 25.1 Å². The van der Waals surface area contributed by atoms with Crippen LogP contribution in [-0.2, 0) is 24.2 Å². The van der Waals surface area contributed by atoms with Gasteiger partial charge in [-0.25, -0.2) is 14.8 Å². The third kappa shape index (κ3) is 4.67. The van der Waals surface area contributed by atoms with Crippen LogP contribution >= 0.6 is 11.3 Å². The van der Waals surface area contributed by atoms with Crippen molar-refractivity contribution in [3.8, 4) is 5.75 Å². The monoisotopic (exact) mass is 514 g/mol. The molecular formula is C27H26N6O3S. The number of nitrogens with one attached hydrogen (secondary N) is 2. The Labute approximate surface area is 217 Å². The molecule has 37 heavy (non-hydrogen) atoms. The summed E-state index contributed by atoms with van der Waals surface area (Å²) >= 11 is 1.64. The molecule has 1 aliphatic rings. The molecule has 3 heterocycles. The second-order valence-electron chi connectivity index (χ2n) is 9.25. The summed E-state index contributed by atoms with van der Waals surface area (Å²) in [6, 6.07) is 14.0. The second kappa shape index (κ2) is 9.70. The van der Waals surface area contributed by atoms with Crippen molar-refractivity contribution in [3.05, 3.63) is 71.0 Å². The second-order valence-corrected chi connectivity index (χ2v) is 10.3. The molecule has 1 aliphatic carbocycles. The Balaban J connectivity index is 1.32. The van der Waals surface area contributed by atoms with Crippen molar-refractivity contribution in [1.29, 1.82) is 0 Å². The minimum absolute atomic E-state index is 0.138. The van der Waals surface area contributed by atoms with Crippen LogP contribution in [0.2, 0.25) is 0 Å². The lowest BCUT2D eigenvalue weighted by atomic mass is 9.94. The third-order valence-corrected chi connectivity index (χ3v) is 7.63. The molecule has 188 valence electrons. The van der Waals surface area contributed by atoms with Gasteiger partial charge in [0, 0.05) is 36.8 Å². The van der Waals surface area contributed by atoms with Crippen LogP contribution in [0.3, 0.4) is 0 Å². The standard InChI is InChI=1S/C27H26N6O3S/c1-33(2)27(34)36-18-8-9-19-23(11-18)37-26-24(19)25(28-15-29-26)31-21-10-17-13-30-32-20(17)12-22(21)35-14-16-6-4-3-5-7-16/h3-7,10,12-13,15,18H,8-9,11,14H2,1-2H3,(H,30,32)(H,28,29,31). The number of hydrogen-bond acceptors (Lipinski definition) is 8. The van der Waals surface area contributed by atoms with Gasteiger partial charge in [-0.2, -0.15) is 5.10 Å². The Morgan fingerprint density at radius 3 is 2.92 bits per heavy atom. The molecule has 0 saturated carbocycles. The van der Waals surface area contributed by atoms with Gasteiger partial charge in [0.2, 0.25) is 0 Å². The number of nitrogens with zero attached hydrogens (tertiary/aromatic N) is 4. The lowest BCUT2D eigenvalue weighted by molar-refractivity contribution is 0.0685. The van der Waals surface area contributed by atoms with Crippen LogP contribution in [0.1, 0.15) is 22.4 Å². The van der Waals surface area contributed by atoms with E-state index in [1.165, 1.54) is 15.3 Å². The lowest BCUT2D eigenvalue weighted by Crippen LogP contribution is -2.31. The first kappa shape index (κ1) is 23.2. The van der Waals surface area contributed by atoms with Crippen molar-refractivity contribution in [2.45, 2.75) is 32.0 Å². The van der Waals surface area contributed by atoms with Gasteiger partial charge >= 0.3 is 6.09 Å². The van der Waals surface area contributed by atoms with E-state index in [4.69, 9.17) is 9.47 Å². The number of hydrogen-bond donors (Lipinski definition) is 2. The van der Waals surface area contributed by atoms with E-state index in [2.05, 4.69) is 25.5 Å². The highest BCUT2D eigenvalue weighted by Crippen LogP contribution is 2.41. The van der Waals surface area contributed by atoms with E-state index in [-0.39, 0.29) is 12.2 Å². The number of carbonyl (C=O) groups is 1. The average molecular weight is 515 g/mol. The van der Waals surface area contributed by atoms with Crippen molar-refractivity contribution in [2.24, 2.45) is 0 Å². The number of anilines is 2. The number of ether oxygens (including phenoxy) is 2. The fraction of sp³-hybridized carbons (Fsp3) is 0.259. The van der Waals surface area contributed by atoms with Crippen molar-refractivity contribution in [3.63, 3.8) is 0 Å². The molecule has 1 atom stereocenters. The first-order valence-electron chi connectivity index (χ1n) is 12.1. The molecule has 2 aromatic carbocycles. The first-order chi connectivity index (χ1) is 18.0. The van der Waals surface area contributed by atoms with Crippen LogP contribution in [0.5, 0.6) is 5.75 Å². The number of aryl methyl sites for hydroxylation is 1. The first-order valence-corrected chi connectivity index (χ1v) is 12.9. The van der Waals surface area contributed by atoms with Gasteiger partial charge in [0.15, 0.2) is 0 Å². The molecule has 10 heteroatoms. The number of aromatic nitrogens is 4. The zero-order valence-electron chi connectivity index (χ0n) is 20.5. The van der Waals surface area contributed by atoms with E-state index in [0.29, 0.717) is 18.8 Å². The highest BCUT2D eigenvalue weighted by Gasteiger charge is 2.28. The topological polar surface area (TPSA) is 105 Å². The van der Waals surface area contributed by atoms with Gasteiger partial charge in [0.1, 0.15) is 35.4 Å². The van der Waals surface area contributed by atoms with Crippen molar-refractivity contribution in [2.75, 3.05) is 19.4 Å². The molecule has 0 aliphatic heterocycles. The van der Waals surface area contributed by atoms with E-state index in [1.807, 2.05) is 42.5 Å². The number of fused-ring (bicyclic) bond motifs is 4. The highest BCUT2D eigenvalue weighted by atomic mass is 32.1. The minimum atomic E-state index is -0.311. The molecule has 0 bridgehead atoms. The number of aromatic amines is 1. The van der Waals surface area contributed by atoms with Gasteiger partial charge < -0.3 is 19.7 Å². The molecule has 1 unspecified atom stereocenters. The Kier molecular flexibility index (Phi) is 6.09. The molecule has 0 radical (unpaired) electrons.